The third-order valence-electron chi connectivity index (χ3n) is 3.23. The molecule has 6 heteroatoms. The van der Waals surface area contributed by atoms with E-state index in [9.17, 15) is 0 Å². The van der Waals surface area contributed by atoms with Crippen molar-refractivity contribution in [3.05, 3.63) is 10.7 Å². The first-order valence-corrected chi connectivity index (χ1v) is 6.56. The van der Waals surface area contributed by atoms with Crippen LogP contribution in [0, 0.1) is 0 Å². The molecule has 17 heavy (non-hydrogen) atoms. The molecule has 1 unspecified atom stereocenters. The molecule has 1 aromatic heterocycles. The van der Waals surface area contributed by atoms with Gasteiger partial charge in [-0.2, -0.15) is 4.98 Å². The summed E-state index contributed by atoms with van der Waals surface area (Å²) in [6.07, 6.45) is 4.13. The number of likely N-dealkylation sites (N-methyl/N-ethyl adjacent to an activating group) is 2. The fourth-order valence-electron chi connectivity index (χ4n) is 2.25. The van der Waals surface area contributed by atoms with Crippen LogP contribution in [0.1, 0.15) is 12.8 Å². The lowest BCUT2D eigenvalue weighted by Gasteiger charge is -2.36. The van der Waals surface area contributed by atoms with Crippen LogP contribution in [0.25, 0.3) is 0 Å². The Kier molecular flexibility index (Phi) is 3.83. The van der Waals surface area contributed by atoms with Gasteiger partial charge in [-0.25, -0.2) is 4.98 Å². The molecule has 0 aliphatic carbocycles. The Morgan fingerprint density at radius 3 is 3.06 bits per heavy atom. The molecule has 5 nitrogen and oxygen atoms in total. The molecule has 2 heterocycles. The highest BCUT2D eigenvalue weighted by Crippen LogP contribution is 2.26. The molecular formula is C11H18BrN5. The van der Waals surface area contributed by atoms with Crippen LogP contribution in [-0.4, -0.2) is 48.1 Å². The number of hydrogen-bond donors (Lipinski definition) is 1. The fraction of sp³-hybridized carbons (Fsp3) is 0.636. The van der Waals surface area contributed by atoms with E-state index < -0.39 is 0 Å². The standard InChI is InChI=1S/C11H18BrN5/c1-16-5-3-4-8(7-16)17(2)10-9(12)6-14-11(13)15-10/h6,8H,3-5,7H2,1-2H3,(H2,13,14,15). The number of halogens is 1. The van der Waals surface area contributed by atoms with Crippen molar-refractivity contribution in [2.45, 2.75) is 18.9 Å². The minimum Gasteiger partial charge on any atom is -0.368 e. The molecule has 1 fully saturated rings. The van der Waals surface area contributed by atoms with Gasteiger partial charge < -0.3 is 15.5 Å². The Morgan fingerprint density at radius 1 is 1.59 bits per heavy atom. The lowest BCUT2D eigenvalue weighted by molar-refractivity contribution is 0.247. The third kappa shape index (κ3) is 2.87. The minimum atomic E-state index is 0.319. The Morgan fingerprint density at radius 2 is 2.35 bits per heavy atom. The van der Waals surface area contributed by atoms with Gasteiger partial charge in [0.25, 0.3) is 0 Å². The number of nitrogens with zero attached hydrogens (tertiary/aromatic N) is 4. The van der Waals surface area contributed by atoms with E-state index in [4.69, 9.17) is 5.73 Å². The average Bonchev–Trinajstić information content (AvgIpc) is 2.31. The predicted molar refractivity (Wildman–Crippen MR) is 73.1 cm³/mol. The van der Waals surface area contributed by atoms with Gasteiger partial charge in [0, 0.05) is 25.8 Å². The first kappa shape index (κ1) is 12.6. The van der Waals surface area contributed by atoms with Crippen molar-refractivity contribution < 1.29 is 0 Å². The molecule has 1 saturated heterocycles. The number of likely N-dealkylation sites (tertiary alicyclic amines) is 1. The number of hydrogen-bond acceptors (Lipinski definition) is 5. The third-order valence-corrected chi connectivity index (χ3v) is 3.79. The highest BCUT2D eigenvalue weighted by Gasteiger charge is 2.23. The summed E-state index contributed by atoms with van der Waals surface area (Å²) in [7, 11) is 4.22. The van der Waals surface area contributed by atoms with E-state index in [1.807, 2.05) is 0 Å². The van der Waals surface area contributed by atoms with Crippen LogP contribution in [0.15, 0.2) is 10.7 Å². The molecule has 1 aromatic rings. The summed E-state index contributed by atoms with van der Waals surface area (Å²) in [6, 6.07) is 0.486. The fourth-order valence-corrected chi connectivity index (χ4v) is 2.72. The van der Waals surface area contributed by atoms with E-state index in [1.54, 1.807) is 6.20 Å². The molecule has 2 N–H and O–H groups in total. The summed E-state index contributed by atoms with van der Waals surface area (Å²) in [5.74, 6) is 1.19. The van der Waals surface area contributed by atoms with Gasteiger partial charge in [0.05, 0.1) is 4.47 Å². The van der Waals surface area contributed by atoms with E-state index in [0.717, 1.165) is 16.8 Å². The molecule has 0 saturated carbocycles. The smallest absolute Gasteiger partial charge is 0.222 e. The van der Waals surface area contributed by atoms with Crippen LogP contribution < -0.4 is 10.6 Å². The molecule has 94 valence electrons. The van der Waals surface area contributed by atoms with Crippen molar-refractivity contribution in [2.75, 3.05) is 37.8 Å². The van der Waals surface area contributed by atoms with E-state index in [0.29, 0.717) is 12.0 Å². The summed E-state index contributed by atoms with van der Waals surface area (Å²) >= 11 is 3.48. The van der Waals surface area contributed by atoms with Crippen LogP contribution in [0.4, 0.5) is 11.8 Å². The van der Waals surface area contributed by atoms with E-state index in [2.05, 4.69) is 49.8 Å². The molecule has 1 aliphatic rings. The van der Waals surface area contributed by atoms with Gasteiger partial charge in [-0.15, -0.1) is 0 Å². The number of anilines is 2. The van der Waals surface area contributed by atoms with Crippen molar-refractivity contribution >= 4 is 27.7 Å². The van der Waals surface area contributed by atoms with Crippen molar-refractivity contribution in [1.82, 2.24) is 14.9 Å². The summed E-state index contributed by atoms with van der Waals surface area (Å²) in [5.41, 5.74) is 5.64. The molecule has 0 spiro atoms. The number of piperidine rings is 1. The van der Waals surface area contributed by atoms with Crippen molar-refractivity contribution in [3.8, 4) is 0 Å². The average molecular weight is 300 g/mol. The van der Waals surface area contributed by atoms with E-state index >= 15 is 0 Å². The normalized spacial score (nSPS) is 21.5. The van der Waals surface area contributed by atoms with Gasteiger partial charge in [0.15, 0.2) is 0 Å². The first-order valence-electron chi connectivity index (χ1n) is 5.77. The largest absolute Gasteiger partial charge is 0.368 e. The second kappa shape index (κ2) is 5.18. The molecule has 0 aromatic carbocycles. The summed E-state index contributed by atoms with van der Waals surface area (Å²) in [6.45, 7) is 2.24. The SMILES string of the molecule is CN1CCCC(N(C)c2nc(N)ncc2Br)C1. The first-order chi connectivity index (χ1) is 8.08. The summed E-state index contributed by atoms with van der Waals surface area (Å²) < 4.78 is 0.891. The Bertz CT molecular complexity index is 397. The number of nitrogens with two attached hydrogens (primary N) is 1. The van der Waals surface area contributed by atoms with Crippen LogP contribution in [-0.2, 0) is 0 Å². The quantitative estimate of drug-likeness (QED) is 0.893. The van der Waals surface area contributed by atoms with Crippen LogP contribution in [0.2, 0.25) is 0 Å². The lowest BCUT2D eigenvalue weighted by atomic mass is 10.1. The number of aromatic nitrogens is 2. The minimum absolute atomic E-state index is 0.319. The second-order valence-corrected chi connectivity index (χ2v) is 5.42. The van der Waals surface area contributed by atoms with Crippen molar-refractivity contribution in [2.24, 2.45) is 0 Å². The molecule has 0 radical (unpaired) electrons. The zero-order chi connectivity index (χ0) is 12.4. The van der Waals surface area contributed by atoms with Gasteiger partial charge in [0.2, 0.25) is 5.95 Å². The molecule has 0 bridgehead atoms. The second-order valence-electron chi connectivity index (χ2n) is 4.57. The summed E-state index contributed by atoms with van der Waals surface area (Å²) in [5, 5.41) is 0. The van der Waals surface area contributed by atoms with Crippen LogP contribution in [0.3, 0.4) is 0 Å². The van der Waals surface area contributed by atoms with Gasteiger partial charge in [0.1, 0.15) is 5.82 Å². The van der Waals surface area contributed by atoms with Gasteiger partial charge in [-0.3, -0.25) is 0 Å². The molecule has 1 aliphatic heterocycles. The number of rotatable bonds is 2. The lowest BCUT2D eigenvalue weighted by Crippen LogP contribution is -2.45. The Hall–Kier alpha value is -0.880. The van der Waals surface area contributed by atoms with E-state index in [-0.39, 0.29) is 0 Å². The maximum Gasteiger partial charge on any atom is 0.222 e. The Balaban J connectivity index is 2.18. The van der Waals surface area contributed by atoms with Gasteiger partial charge in [-0.05, 0) is 42.4 Å². The Labute approximate surface area is 110 Å². The monoisotopic (exact) mass is 299 g/mol. The summed E-state index contributed by atoms with van der Waals surface area (Å²) in [4.78, 5) is 12.8. The van der Waals surface area contributed by atoms with E-state index in [1.165, 1.54) is 19.4 Å². The molecule has 0 amide bonds. The maximum absolute atomic E-state index is 5.64. The van der Waals surface area contributed by atoms with Crippen molar-refractivity contribution in [1.29, 1.82) is 0 Å². The highest BCUT2D eigenvalue weighted by molar-refractivity contribution is 9.10. The zero-order valence-electron chi connectivity index (χ0n) is 10.2. The van der Waals surface area contributed by atoms with Gasteiger partial charge in [-0.1, -0.05) is 0 Å². The number of nitrogen functional groups attached to an aromatic ring is 1. The molecular weight excluding hydrogens is 282 g/mol. The predicted octanol–water partition coefficient (Wildman–Crippen LogP) is 1.35. The molecule has 1 atom stereocenters. The van der Waals surface area contributed by atoms with Crippen molar-refractivity contribution in [3.63, 3.8) is 0 Å². The topological polar surface area (TPSA) is 58.3 Å². The maximum atomic E-state index is 5.64. The zero-order valence-corrected chi connectivity index (χ0v) is 11.8. The highest BCUT2D eigenvalue weighted by atomic mass is 79.9. The van der Waals surface area contributed by atoms with Crippen LogP contribution >= 0.6 is 15.9 Å². The van der Waals surface area contributed by atoms with Crippen LogP contribution in [0.5, 0.6) is 0 Å². The van der Waals surface area contributed by atoms with Gasteiger partial charge >= 0.3 is 0 Å². The molecule has 2 rings (SSSR count).